The Morgan fingerprint density at radius 3 is 2.67 bits per heavy atom. The second kappa shape index (κ2) is 8.52. The van der Waals surface area contributed by atoms with Gasteiger partial charge in [0.1, 0.15) is 5.75 Å². The summed E-state index contributed by atoms with van der Waals surface area (Å²) < 4.78 is 9.97. The molecule has 0 saturated carbocycles. The van der Waals surface area contributed by atoms with Crippen molar-refractivity contribution in [2.45, 2.75) is 19.8 Å². The molecule has 0 fully saturated rings. The van der Waals surface area contributed by atoms with E-state index in [-0.39, 0.29) is 18.5 Å². The van der Waals surface area contributed by atoms with Gasteiger partial charge >= 0.3 is 5.97 Å². The van der Waals surface area contributed by atoms with E-state index in [0.29, 0.717) is 30.2 Å². The SMILES string of the molecule is COC(=O)CCCN(C)C(=O)COc1ccc(Cl)c(C)c1. The zero-order chi connectivity index (χ0) is 15.8. The molecule has 0 N–H and O–H groups in total. The normalized spacial score (nSPS) is 10.1. The molecule has 0 radical (unpaired) electrons. The standard InChI is InChI=1S/C15H20ClNO4/c1-11-9-12(6-7-13(11)16)21-10-14(18)17(2)8-4-5-15(19)20-3/h6-7,9H,4-5,8,10H2,1-3H3. The van der Waals surface area contributed by atoms with Gasteiger partial charge < -0.3 is 14.4 Å². The van der Waals surface area contributed by atoms with Crippen LogP contribution in [0.4, 0.5) is 0 Å². The molecular weight excluding hydrogens is 294 g/mol. The molecule has 0 aromatic heterocycles. The van der Waals surface area contributed by atoms with E-state index in [1.165, 1.54) is 12.0 Å². The molecule has 0 spiro atoms. The molecule has 0 saturated heterocycles. The van der Waals surface area contributed by atoms with E-state index in [1.54, 1.807) is 25.2 Å². The highest BCUT2D eigenvalue weighted by molar-refractivity contribution is 6.31. The minimum atomic E-state index is -0.274. The van der Waals surface area contributed by atoms with Crippen LogP contribution in [0.25, 0.3) is 0 Å². The molecule has 0 aliphatic heterocycles. The highest BCUT2D eigenvalue weighted by Gasteiger charge is 2.10. The minimum absolute atomic E-state index is 0.0458. The number of aryl methyl sites for hydroxylation is 1. The Kier molecular flexibility index (Phi) is 7.02. The number of benzene rings is 1. The summed E-state index contributed by atoms with van der Waals surface area (Å²) >= 11 is 5.92. The van der Waals surface area contributed by atoms with E-state index in [4.69, 9.17) is 16.3 Å². The molecule has 0 atom stereocenters. The van der Waals surface area contributed by atoms with Crippen molar-refractivity contribution in [3.8, 4) is 5.75 Å². The van der Waals surface area contributed by atoms with Crippen LogP contribution in [0.2, 0.25) is 5.02 Å². The minimum Gasteiger partial charge on any atom is -0.484 e. The van der Waals surface area contributed by atoms with Crippen LogP contribution in [-0.2, 0) is 14.3 Å². The van der Waals surface area contributed by atoms with Crippen molar-refractivity contribution in [1.29, 1.82) is 0 Å². The highest BCUT2D eigenvalue weighted by Crippen LogP contribution is 2.20. The third-order valence-corrected chi connectivity index (χ3v) is 3.44. The Morgan fingerprint density at radius 2 is 2.05 bits per heavy atom. The lowest BCUT2D eigenvalue weighted by Gasteiger charge is -2.17. The molecule has 1 aromatic rings. The molecule has 0 bridgehead atoms. The largest absolute Gasteiger partial charge is 0.484 e. The van der Waals surface area contributed by atoms with Gasteiger partial charge in [-0.15, -0.1) is 0 Å². The number of nitrogens with zero attached hydrogens (tertiary/aromatic N) is 1. The van der Waals surface area contributed by atoms with Crippen molar-refractivity contribution in [3.63, 3.8) is 0 Å². The van der Waals surface area contributed by atoms with Crippen molar-refractivity contribution in [2.75, 3.05) is 27.3 Å². The van der Waals surface area contributed by atoms with Crippen LogP contribution in [0, 0.1) is 6.92 Å². The Bertz CT molecular complexity index is 504. The number of carbonyl (C=O) groups excluding carboxylic acids is 2. The molecule has 0 unspecified atom stereocenters. The molecule has 116 valence electrons. The molecular formula is C15H20ClNO4. The van der Waals surface area contributed by atoms with E-state index < -0.39 is 0 Å². The van der Waals surface area contributed by atoms with Gasteiger partial charge in [-0.25, -0.2) is 0 Å². The summed E-state index contributed by atoms with van der Waals surface area (Å²) in [5.41, 5.74) is 0.896. The Labute approximate surface area is 129 Å². The van der Waals surface area contributed by atoms with E-state index in [0.717, 1.165) is 5.56 Å². The van der Waals surface area contributed by atoms with Crippen LogP contribution in [0.15, 0.2) is 18.2 Å². The monoisotopic (exact) mass is 313 g/mol. The predicted molar refractivity (Wildman–Crippen MR) is 80.6 cm³/mol. The summed E-state index contributed by atoms with van der Waals surface area (Å²) in [6.45, 7) is 2.31. The first-order valence-electron chi connectivity index (χ1n) is 6.63. The van der Waals surface area contributed by atoms with Gasteiger partial charge in [-0.3, -0.25) is 9.59 Å². The van der Waals surface area contributed by atoms with Gasteiger partial charge in [-0.2, -0.15) is 0 Å². The molecule has 0 aliphatic rings. The van der Waals surface area contributed by atoms with Crippen LogP contribution >= 0.6 is 11.6 Å². The summed E-state index contributed by atoms with van der Waals surface area (Å²) in [5.74, 6) is 0.185. The summed E-state index contributed by atoms with van der Waals surface area (Å²) in [6.07, 6.45) is 0.861. The Balaban J connectivity index is 2.35. The van der Waals surface area contributed by atoms with E-state index >= 15 is 0 Å². The zero-order valence-electron chi connectivity index (χ0n) is 12.5. The molecule has 1 amide bonds. The van der Waals surface area contributed by atoms with Crippen LogP contribution in [0.1, 0.15) is 18.4 Å². The van der Waals surface area contributed by atoms with Gasteiger partial charge in [-0.05, 0) is 37.1 Å². The first-order valence-corrected chi connectivity index (χ1v) is 7.01. The summed E-state index contributed by atoms with van der Waals surface area (Å²) in [5, 5.41) is 0.661. The van der Waals surface area contributed by atoms with Gasteiger partial charge in [-0.1, -0.05) is 11.6 Å². The van der Waals surface area contributed by atoms with Crippen LogP contribution < -0.4 is 4.74 Å². The van der Waals surface area contributed by atoms with Crippen molar-refractivity contribution in [3.05, 3.63) is 28.8 Å². The van der Waals surface area contributed by atoms with Gasteiger partial charge in [0.15, 0.2) is 6.61 Å². The molecule has 0 heterocycles. The lowest BCUT2D eigenvalue weighted by molar-refractivity contribution is -0.141. The molecule has 1 rings (SSSR count). The highest BCUT2D eigenvalue weighted by atomic mass is 35.5. The zero-order valence-corrected chi connectivity index (χ0v) is 13.3. The maximum atomic E-state index is 11.9. The van der Waals surface area contributed by atoms with E-state index in [2.05, 4.69) is 4.74 Å². The van der Waals surface area contributed by atoms with Crippen LogP contribution in [0.3, 0.4) is 0 Å². The maximum Gasteiger partial charge on any atom is 0.305 e. The number of halogens is 1. The molecule has 5 nitrogen and oxygen atoms in total. The number of likely N-dealkylation sites (N-methyl/N-ethyl adjacent to an activating group) is 1. The molecule has 0 aliphatic carbocycles. The van der Waals surface area contributed by atoms with Gasteiger partial charge in [0, 0.05) is 25.0 Å². The lowest BCUT2D eigenvalue weighted by Crippen LogP contribution is -2.32. The second-order valence-electron chi connectivity index (χ2n) is 4.69. The van der Waals surface area contributed by atoms with Crippen LogP contribution in [0.5, 0.6) is 5.75 Å². The number of carbonyl (C=O) groups is 2. The topological polar surface area (TPSA) is 55.8 Å². The number of rotatable bonds is 7. The first-order chi connectivity index (χ1) is 9.93. The first kappa shape index (κ1) is 17.3. The average molecular weight is 314 g/mol. The van der Waals surface area contributed by atoms with Crippen LogP contribution in [-0.4, -0.2) is 44.1 Å². The number of hydrogen-bond donors (Lipinski definition) is 0. The predicted octanol–water partition coefficient (Wildman–Crippen LogP) is 2.44. The van der Waals surface area contributed by atoms with Crippen molar-refractivity contribution in [2.24, 2.45) is 0 Å². The number of methoxy groups -OCH3 is 1. The average Bonchev–Trinajstić information content (AvgIpc) is 2.47. The van der Waals surface area contributed by atoms with Crippen molar-refractivity contribution in [1.82, 2.24) is 4.90 Å². The number of ether oxygens (including phenoxy) is 2. The number of amides is 1. The molecule has 21 heavy (non-hydrogen) atoms. The van der Waals surface area contributed by atoms with Crippen molar-refractivity contribution >= 4 is 23.5 Å². The fraction of sp³-hybridized carbons (Fsp3) is 0.467. The summed E-state index contributed by atoms with van der Waals surface area (Å²) in [7, 11) is 3.02. The number of hydrogen-bond acceptors (Lipinski definition) is 4. The van der Waals surface area contributed by atoms with E-state index in [9.17, 15) is 9.59 Å². The summed E-state index contributed by atoms with van der Waals surface area (Å²) in [4.78, 5) is 24.4. The van der Waals surface area contributed by atoms with Gasteiger partial charge in [0.2, 0.25) is 0 Å². The Morgan fingerprint density at radius 1 is 1.33 bits per heavy atom. The summed E-state index contributed by atoms with van der Waals surface area (Å²) in [6, 6.07) is 5.24. The maximum absolute atomic E-state index is 11.9. The van der Waals surface area contributed by atoms with Crippen molar-refractivity contribution < 1.29 is 19.1 Å². The van der Waals surface area contributed by atoms with E-state index in [1.807, 2.05) is 6.92 Å². The quantitative estimate of drug-likeness (QED) is 0.726. The Hall–Kier alpha value is -1.75. The molecule has 6 heteroatoms. The fourth-order valence-electron chi connectivity index (χ4n) is 1.65. The van der Waals surface area contributed by atoms with Gasteiger partial charge in [0.05, 0.1) is 7.11 Å². The number of esters is 1. The third kappa shape index (κ3) is 6.04. The van der Waals surface area contributed by atoms with Gasteiger partial charge in [0.25, 0.3) is 5.91 Å². The second-order valence-corrected chi connectivity index (χ2v) is 5.10. The fourth-order valence-corrected chi connectivity index (χ4v) is 1.77. The smallest absolute Gasteiger partial charge is 0.305 e. The molecule has 1 aromatic carbocycles. The lowest BCUT2D eigenvalue weighted by atomic mass is 10.2. The third-order valence-electron chi connectivity index (χ3n) is 3.02.